The van der Waals surface area contributed by atoms with Gasteiger partial charge in [0.2, 0.25) is 0 Å². The maximum atomic E-state index is 2.68. The fraction of sp³-hybridized carbons (Fsp3) is 0.167. The lowest BCUT2D eigenvalue weighted by atomic mass is 9.80. The largest absolute Gasteiger partial charge is 0.309 e. The van der Waals surface area contributed by atoms with E-state index in [0.717, 1.165) is 12.8 Å². The molecule has 10 aromatic carbocycles. The first-order chi connectivity index (χ1) is 29.8. The van der Waals surface area contributed by atoms with Gasteiger partial charge in [-0.05, 0) is 155 Å². The molecular weight excluding hydrogens is 735 g/mol. The van der Waals surface area contributed by atoms with Crippen molar-refractivity contribution in [2.75, 3.05) is 4.90 Å². The molecule has 1 heteroatoms. The molecule has 13 rings (SSSR count). The molecule has 0 spiro atoms. The number of rotatable bonds is 4. The first-order valence-corrected chi connectivity index (χ1v) is 22.3. The van der Waals surface area contributed by atoms with Crippen LogP contribution in [0.2, 0.25) is 0 Å². The molecule has 0 radical (unpaired) electrons. The van der Waals surface area contributed by atoms with Gasteiger partial charge in [-0.25, -0.2) is 0 Å². The third-order valence-corrected chi connectivity index (χ3v) is 15.2. The topological polar surface area (TPSA) is 3.24 Å². The van der Waals surface area contributed by atoms with Gasteiger partial charge >= 0.3 is 0 Å². The average Bonchev–Trinajstić information content (AvgIpc) is 3.66. The molecule has 0 fully saturated rings. The minimum Gasteiger partial charge on any atom is -0.309 e. The van der Waals surface area contributed by atoms with Crippen LogP contribution in [0.3, 0.4) is 0 Å². The zero-order valence-corrected chi connectivity index (χ0v) is 35.4. The van der Waals surface area contributed by atoms with Crippen LogP contribution >= 0.6 is 0 Å². The monoisotopic (exact) mass is 781 g/mol. The average molecular weight is 782 g/mol. The van der Waals surface area contributed by atoms with Gasteiger partial charge in [-0.2, -0.15) is 0 Å². The Labute approximate surface area is 358 Å². The Morgan fingerprint density at radius 1 is 0.377 bits per heavy atom. The van der Waals surface area contributed by atoms with Crippen molar-refractivity contribution < 1.29 is 0 Å². The van der Waals surface area contributed by atoms with Crippen LogP contribution in [0.1, 0.15) is 73.9 Å². The van der Waals surface area contributed by atoms with Gasteiger partial charge in [0, 0.05) is 27.5 Å². The van der Waals surface area contributed by atoms with Crippen molar-refractivity contribution in [3.63, 3.8) is 0 Å². The van der Waals surface area contributed by atoms with E-state index in [2.05, 4.69) is 196 Å². The standard InChI is InChI=1S/C60H47N/c1-59(2)50-27-9-7-21-42(50)44-31-30-39(33-52(44)59)61(54-32-29-38-19-13-25-46-45-24-12-17-37-18-14-26-47(56(37)45)58(54)57(38)46)55-35-53-48(43-22-8-10-28-51(43)60(53,3)4)34-49(55)41-23-11-16-36-15-5-6-20-40(36)41/h7-14,16-19,21-35H,5-6,15,20H2,1-4H3. The van der Waals surface area contributed by atoms with Gasteiger partial charge in [0.25, 0.3) is 0 Å². The summed E-state index contributed by atoms with van der Waals surface area (Å²) >= 11 is 0. The normalized spacial score (nSPS) is 15.5. The summed E-state index contributed by atoms with van der Waals surface area (Å²) in [6, 6.07) is 63.3. The molecule has 1 nitrogen and oxygen atoms in total. The Hall–Kier alpha value is -6.70. The van der Waals surface area contributed by atoms with E-state index in [1.54, 1.807) is 0 Å². The fourth-order valence-electron chi connectivity index (χ4n) is 12.2. The van der Waals surface area contributed by atoms with Gasteiger partial charge in [0.05, 0.1) is 11.4 Å². The zero-order chi connectivity index (χ0) is 40.8. The van der Waals surface area contributed by atoms with E-state index in [0.29, 0.717) is 0 Å². The van der Waals surface area contributed by atoms with Crippen LogP contribution < -0.4 is 4.90 Å². The lowest BCUT2D eigenvalue weighted by Gasteiger charge is -2.33. The SMILES string of the molecule is CC1(C)c2ccccc2-c2ccc(N(c3cc4c(cc3-c3cccc5c3CCCC5)-c3ccccc3C4(C)C)c3ccc4cccc5c6cccc7cccc(c3c45)c76)cc21. The Morgan fingerprint density at radius 2 is 0.967 bits per heavy atom. The van der Waals surface area contributed by atoms with E-state index >= 15 is 0 Å². The minimum absolute atomic E-state index is 0.147. The van der Waals surface area contributed by atoms with Gasteiger partial charge in [-0.1, -0.05) is 161 Å². The van der Waals surface area contributed by atoms with Crippen LogP contribution in [-0.4, -0.2) is 0 Å². The molecule has 292 valence electrons. The summed E-state index contributed by atoms with van der Waals surface area (Å²) in [4.78, 5) is 2.68. The fourth-order valence-corrected chi connectivity index (χ4v) is 12.2. The van der Waals surface area contributed by atoms with E-state index < -0.39 is 0 Å². The Balaban J connectivity index is 1.20. The lowest BCUT2D eigenvalue weighted by Crippen LogP contribution is -2.19. The molecule has 61 heavy (non-hydrogen) atoms. The van der Waals surface area contributed by atoms with Gasteiger partial charge in [-0.3, -0.25) is 0 Å². The molecule has 0 amide bonds. The molecule has 3 aliphatic carbocycles. The smallest absolute Gasteiger partial charge is 0.0547 e. The molecular formula is C60H47N. The summed E-state index contributed by atoms with van der Waals surface area (Å²) in [5.74, 6) is 0. The van der Waals surface area contributed by atoms with E-state index in [-0.39, 0.29) is 10.8 Å². The Kier molecular flexibility index (Phi) is 7.15. The third kappa shape index (κ3) is 4.72. The van der Waals surface area contributed by atoms with Crippen LogP contribution in [0.15, 0.2) is 164 Å². The van der Waals surface area contributed by atoms with Crippen molar-refractivity contribution in [2.45, 2.75) is 64.2 Å². The maximum absolute atomic E-state index is 2.68. The number of hydrogen-bond acceptors (Lipinski definition) is 1. The quantitative estimate of drug-likeness (QED) is 0.127. The first kappa shape index (κ1) is 35.1. The highest BCUT2D eigenvalue weighted by atomic mass is 15.1. The summed E-state index contributed by atoms with van der Waals surface area (Å²) in [6.45, 7) is 9.67. The molecule has 0 aromatic heterocycles. The molecule has 3 aliphatic rings. The lowest BCUT2D eigenvalue weighted by molar-refractivity contribution is 0.660. The van der Waals surface area contributed by atoms with E-state index in [1.807, 2.05) is 0 Å². The number of benzene rings is 10. The van der Waals surface area contributed by atoms with E-state index in [1.165, 1.54) is 140 Å². The van der Waals surface area contributed by atoms with Crippen LogP contribution in [-0.2, 0) is 23.7 Å². The third-order valence-electron chi connectivity index (χ3n) is 15.2. The molecule has 0 unspecified atom stereocenters. The minimum atomic E-state index is -0.169. The highest BCUT2D eigenvalue weighted by Crippen LogP contribution is 2.57. The predicted molar refractivity (Wildman–Crippen MR) is 260 cm³/mol. The number of fused-ring (bicyclic) bond motifs is 9. The summed E-state index contributed by atoms with van der Waals surface area (Å²) in [7, 11) is 0. The van der Waals surface area contributed by atoms with Crippen LogP contribution in [0.5, 0.6) is 0 Å². The first-order valence-electron chi connectivity index (χ1n) is 22.3. The maximum Gasteiger partial charge on any atom is 0.0547 e. The number of nitrogens with zero attached hydrogens (tertiary/aromatic N) is 1. The van der Waals surface area contributed by atoms with Crippen molar-refractivity contribution in [3.05, 3.63) is 197 Å². The van der Waals surface area contributed by atoms with Crippen molar-refractivity contribution in [1.29, 1.82) is 0 Å². The highest BCUT2D eigenvalue weighted by molar-refractivity contribution is 6.35. The molecule has 0 N–H and O–H groups in total. The van der Waals surface area contributed by atoms with Crippen molar-refractivity contribution >= 4 is 60.2 Å². The van der Waals surface area contributed by atoms with E-state index in [4.69, 9.17) is 0 Å². The molecule has 0 saturated carbocycles. The molecule has 0 aliphatic heterocycles. The van der Waals surface area contributed by atoms with Gasteiger partial charge < -0.3 is 4.90 Å². The second-order valence-corrected chi connectivity index (χ2v) is 19.0. The molecule has 0 heterocycles. The molecule has 0 bridgehead atoms. The second kappa shape index (κ2) is 12.4. The Morgan fingerprint density at radius 3 is 1.72 bits per heavy atom. The molecule has 0 saturated heterocycles. The van der Waals surface area contributed by atoms with E-state index in [9.17, 15) is 0 Å². The van der Waals surface area contributed by atoms with Crippen LogP contribution in [0, 0.1) is 0 Å². The van der Waals surface area contributed by atoms with Gasteiger partial charge in [-0.15, -0.1) is 0 Å². The number of hydrogen-bond donors (Lipinski definition) is 0. The van der Waals surface area contributed by atoms with Crippen molar-refractivity contribution in [2.24, 2.45) is 0 Å². The Bertz CT molecular complexity index is 3480. The predicted octanol–water partition coefficient (Wildman–Crippen LogP) is 16.4. The van der Waals surface area contributed by atoms with Crippen LogP contribution in [0.25, 0.3) is 76.5 Å². The summed E-state index contributed by atoms with van der Waals surface area (Å²) in [6.07, 6.45) is 4.74. The van der Waals surface area contributed by atoms with Crippen molar-refractivity contribution in [1.82, 2.24) is 0 Å². The number of aryl methyl sites for hydroxylation is 1. The summed E-state index contributed by atoms with van der Waals surface area (Å²) < 4.78 is 0. The van der Waals surface area contributed by atoms with Gasteiger partial charge in [0.15, 0.2) is 0 Å². The zero-order valence-electron chi connectivity index (χ0n) is 35.4. The van der Waals surface area contributed by atoms with Crippen LogP contribution in [0.4, 0.5) is 17.1 Å². The highest BCUT2D eigenvalue weighted by Gasteiger charge is 2.39. The number of anilines is 3. The van der Waals surface area contributed by atoms with Crippen molar-refractivity contribution in [3.8, 4) is 33.4 Å². The summed E-state index contributed by atoms with van der Waals surface area (Å²) in [5.41, 5.74) is 20.0. The summed E-state index contributed by atoms with van der Waals surface area (Å²) in [5, 5.41) is 10.5. The second-order valence-electron chi connectivity index (χ2n) is 19.0. The van der Waals surface area contributed by atoms with Gasteiger partial charge in [0.1, 0.15) is 0 Å². The molecule has 0 atom stereocenters. The molecule has 10 aromatic rings.